The first-order valence-electron chi connectivity index (χ1n) is 7.13. The number of carbonyl (C=O) groups is 2. The largest absolute Gasteiger partial charge is 0.358 e. The van der Waals surface area contributed by atoms with Crippen LogP contribution >= 0.6 is 0 Å². The number of amides is 2. The van der Waals surface area contributed by atoms with E-state index in [-0.39, 0.29) is 24.4 Å². The Morgan fingerprint density at radius 1 is 1.38 bits per heavy atom. The van der Waals surface area contributed by atoms with Gasteiger partial charge in [0, 0.05) is 32.4 Å². The van der Waals surface area contributed by atoms with E-state index < -0.39 is 0 Å². The first-order valence-corrected chi connectivity index (χ1v) is 7.13. The first-order chi connectivity index (χ1) is 9.92. The Hall–Kier alpha value is -1.89. The fourth-order valence-electron chi connectivity index (χ4n) is 2.61. The smallest absolute Gasteiger partial charge is 0.244 e. The second-order valence-electron chi connectivity index (χ2n) is 5.54. The van der Waals surface area contributed by atoms with E-state index in [0.29, 0.717) is 19.6 Å². The minimum absolute atomic E-state index is 0.00297. The summed E-state index contributed by atoms with van der Waals surface area (Å²) in [5.74, 6) is -0.0516. The SMILES string of the molecule is CNC(=O)C1CN(C(=O)Cn2nc(C)cc2C)CCN1C. The van der Waals surface area contributed by atoms with Crippen molar-refractivity contribution >= 4 is 11.8 Å². The summed E-state index contributed by atoms with van der Waals surface area (Å²) >= 11 is 0. The van der Waals surface area contributed by atoms with Gasteiger partial charge in [0.15, 0.2) is 0 Å². The molecule has 1 aliphatic heterocycles. The van der Waals surface area contributed by atoms with Gasteiger partial charge in [-0.1, -0.05) is 0 Å². The summed E-state index contributed by atoms with van der Waals surface area (Å²) < 4.78 is 1.71. The number of nitrogens with zero attached hydrogens (tertiary/aromatic N) is 4. The van der Waals surface area contributed by atoms with Gasteiger partial charge in [0.25, 0.3) is 0 Å². The van der Waals surface area contributed by atoms with Crippen LogP contribution in [0.3, 0.4) is 0 Å². The molecular formula is C14H23N5O2. The molecule has 1 fully saturated rings. The van der Waals surface area contributed by atoms with Gasteiger partial charge in [-0.2, -0.15) is 5.10 Å². The Bertz CT molecular complexity index is 539. The Morgan fingerprint density at radius 2 is 2.10 bits per heavy atom. The minimum Gasteiger partial charge on any atom is -0.358 e. The third-order valence-electron chi connectivity index (χ3n) is 3.94. The maximum Gasteiger partial charge on any atom is 0.244 e. The van der Waals surface area contributed by atoms with Crippen LogP contribution in [0.1, 0.15) is 11.4 Å². The van der Waals surface area contributed by atoms with Crippen LogP contribution in [-0.2, 0) is 16.1 Å². The number of rotatable bonds is 3. The van der Waals surface area contributed by atoms with Gasteiger partial charge < -0.3 is 10.2 Å². The van der Waals surface area contributed by atoms with E-state index in [9.17, 15) is 9.59 Å². The number of likely N-dealkylation sites (N-methyl/N-ethyl adjacent to an activating group) is 2. The summed E-state index contributed by atoms with van der Waals surface area (Å²) in [6.45, 7) is 5.83. The van der Waals surface area contributed by atoms with Crippen molar-refractivity contribution in [2.24, 2.45) is 0 Å². The molecule has 0 bridgehead atoms. The highest BCUT2D eigenvalue weighted by Gasteiger charge is 2.31. The van der Waals surface area contributed by atoms with E-state index in [4.69, 9.17) is 0 Å². The second kappa shape index (κ2) is 6.26. The standard InChI is InChI=1S/C14H23N5O2/c1-10-7-11(2)19(16-10)9-13(20)18-6-5-17(4)12(8-18)14(21)15-3/h7,12H,5-6,8-9H2,1-4H3,(H,15,21). The summed E-state index contributed by atoms with van der Waals surface area (Å²) in [6, 6.07) is 1.66. The molecule has 2 heterocycles. The molecule has 0 radical (unpaired) electrons. The van der Waals surface area contributed by atoms with Crippen molar-refractivity contribution in [2.75, 3.05) is 33.7 Å². The number of aryl methyl sites for hydroxylation is 2. The molecular weight excluding hydrogens is 270 g/mol. The predicted octanol–water partition coefficient (Wildman–Crippen LogP) is -0.611. The molecule has 2 amide bonds. The Labute approximate surface area is 124 Å². The van der Waals surface area contributed by atoms with Gasteiger partial charge in [0.2, 0.25) is 11.8 Å². The van der Waals surface area contributed by atoms with Crippen LogP contribution in [0.5, 0.6) is 0 Å². The van der Waals surface area contributed by atoms with Gasteiger partial charge in [-0.25, -0.2) is 0 Å². The van der Waals surface area contributed by atoms with Gasteiger partial charge in [0.05, 0.1) is 5.69 Å². The average Bonchev–Trinajstić information content (AvgIpc) is 2.76. The molecule has 0 saturated carbocycles. The average molecular weight is 293 g/mol. The molecule has 1 atom stereocenters. The van der Waals surface area contributed by atoms with Gasteiger partial charge in [-0.05, 0) is 27.0 Å². The maximum absolute atomic E-state index is 12.4. The van der Waals surface area contributed by atoms with Gasteiger partial charge in [-0.15, -0.1) is 0 Å². The zero-order valence-corrected chi connectivity index (χ0v) is 13.1. The van der Waals surface area contributed by atoms with Gasteiger partial charge in [0.1, 0.15) is 12.6 Å². The molecule has 1 aromatic heterocycles. The highest BCUT2D eigenvalue weighted by molar-refractivity contribution is 5.83. The van der Waals surface area contributed by atoms with Crippen molar-refractivity contribution in [2.45, 2.75) is 26.4 Å². The summed E-state index contributed by atoms with van der Waals surface area (Å²) in [4.78, 5) is 28.0. The van der Waals surface area contributed by atoms with Crippen molar-refractivity contribution in [1.29, 1.82) is 0 Å². The van der Waals surface area contributed by atoms with Crippen LogP contribution in [0.25, 0.3) is 0 Å². The van der Waals surface area contributed by atoms with Gasteiger partial charge in [-0.3, -0.25) is 19.2 Å². The van der Waals surface area contributed by atoms with Crippen molar-refractivity contribution < 1.29 is 9.59 Å². The lowest BCUT2D eigenvalue weighted by molar-refractivity contribution is -0.138. The van der Waals surface area contributed by atoms with E-state index in [1.165, 1.54) is 0 Å². The van der Waals surface area contributed by atoms with Gasteiger partial charge >= 0.3 is 0 Å². The summed E-state index contributed by atoms with van der Waals surface area (Å²) in [7, 11) is 3.52. The zero-order valence-electron chi connectivity index (χ0n) is 13.1. The quantitative estimate of drug-likeness (QED) is 0.807. The highest BCUT2D eigenvalue weighted by Crippen LogP contribution is 2.10. The molecule has 0 aromatic carbocycles. The fourth-order valence-corrected chi connectivity index (χ4v) is 2.61. The van der Waals surface area contributed by atoms with Crippen LogP contribution in [0.15, 0.2) is 6.07 Å². The molecule has 7 heteroatoms. The fraction of sp³-hybridized carbons (Fsp3) is 0.643. The van der Waals surface area contributed by atoms with Crippen molar-refractivity contribution in [3.63, 3.8) is 0 Å². The van der Waals surface area contributed by atoms with Crippen LogP contribution in [0.4, 0.5) is 0 Å². The summed E-state index contributed by atoms with van der Waals surface area (Å²) in [5.41, 5.74) is 1.87. The molecule has 1 aromatic rings. The van der Waals surface area contributed by atoms with Crippen LogP contribution in [0, 0.1) is 13.8 Å². The zero-order chi connectivity index (χ0) is 15.6. The normalized spacial score (nSPS) is 19.6. The molecule has 116 valence electrons. The van der Waals surface area contributed by atoms with Crippen molar-refractivity contribution in [3.05, 3.63) is 17.5 Å². The molecule has 1 saturated heterocycles. The van der Waals surface area contributed by atoms with Crippen molar-refractivity contribution in [1.82, 2.24) is 24.9 Å². The Morgan fingerprint density at radius 3 is 2.67 bits per heavy atom. The minimum atomic E-state index is -0.284. The number of nitrogens with one attached hydrogen (secondary N) is 1. The maximum atomic E-state index is 12.4. The lowest BCUT2D eigenvalue weighted by Crippen LogP contribution is -2.58. The molecule has 0 aliphatic carbocycles. The third-order valence-corrected chi connectivity index (χ3v) is 3.94. The Balaban J connectivity index is 2.02. The molecule has 1 aliphatic rings. The molecule has 2 rings (SSSR count). The van der Waals surface area contributed by atoms with Crippen LogP contribution in [0.2, 0.25) is 0 Å². The summed E-state index contributed by atoms with van der Waals surface area (Å²) in [6.07, 6.45) is 0. The lowest BCUT2D eigenvalue weighted by atomic mass is 10.1. The van der Waals surface area contributed by atoms with Crippen LogP contribution in [-0.4, -0.2) is 71.2 Å². The first kappa shape index (κ1) is 15.5. The molecule has 1 unspecified atom stereocenters. The Kier molecular flexibility index (Phi) is 4.62. The van der Waals surface area contributed by atoms with Crippen LogP contribution < -0.4 is 5.32 Å². The van der Waals surface area contributed by atoms with E-state index in [0.717, 1.165) is 11.4 Å². The topological polar surface area (TPSA) is 70.5 Å². The number of hydrogen-bond acceptors (Lipinski definition) is 4. The molecule has 7 nitrogen and oxygen atoms in total. The van der Waals surface area contributed by atoms with Crippen molar-refractivity contribution in [3.8, 4) is 0 Å². The monoisotopic (exact) mass is 293 g/mol. The summed E-state index contributed by atoms with van der Waals surface area (Å²) in [5, 5.41) is 6.96. The number of aromatic nitrogens is 2. The highest BCUT2D eigenvalue weighted by atomic mass is 16.2. The number of hydrogen-bond donors (Lipinski definition) is 1. The van der Waals surface area contributed by atoms with E-state index in [1.54, 1.807) is 16.6 Å². The predicted molar refractivity (Wildman–Crippen MR) is 78.8 cm³/mol. The lowest BCUT2D eigenvalue weighted by Gasteiger charge is -2.38. The number of piperazine rings is 1. The third kappa shape index (κ3) is 3.41. The number of carbonyl (C=O) groups excluding carboxylic acids is 2. The van der Waals surface area contributed by atoms with E-state index >= 15 is 0 Å². The van der Waals surface area contributed by atoms with E-state index in [2.05, 4.69) is 10.4 Å². The molecule has 0 spiro atoms. The molecule has 21 heavy (non-hydrogen) atoms. The molecule has 1 N–H and O–H groups in total. The van der Waals surface area contributed by atoms with E-state index in [1.807, 2.05) is 31.9 Å². The second-order valence-corrected chi connectivity index (χ2v) is 5.54.